The summed E-state index contributed by atoms with van der Waals surface area (Å²) in [6.07, 6.45) is -0.176. The van der Waals surface area contributed by atoms with Crippen molar-refractivity contribution in [3.05, 3.63) is 24.3 Å². The molecule has 0 aliphatic carbocycles. The topological polar surface area (TPSA) is 82.4 Å². The quantitative estimate of drug-likeness (QED) is 0.719. The minimum atomic E-state index is -0.176. The van der Waals surface area contributed by atoms with Gasteiger partial charge in [-0.15, -0.1) is 5.10 Å². The molecule has 0 radical (unpaired) electrons. The maximum Gasteiger partial charge on any atom is 0.233 e. The fourth-order valence-electron chi connectivity index (χ4n) is 2.37. The number of para-hydroxylation sites is 2. The van der Waals surface area contributed by atoms with Crippen molar-refractivity contribution in [3.63, 3.8) is 0 Å². The first-order valence-corrected chi connectivity index (χ1v) is 8.67. The Morgan fingerprint density at radius 3 is 2.92 bits per heavy atom. The highest BCUT2D eigenvalue weighted by Crippen LogP contribution is 2.31. The smallest absolute Gasteiger partial charge is 0.233 e. The second-order valence-corrected chi connectivity index (χ2v) is 6.25. The van der Waals surface area contributed by atoms with Gasteiger partial charge in [-0.05, 0) is 29.5 Å². The van der Waals surface area contributed by atoms with Crippen molar-refractivity contribution in [3.8, 4) is 11.5 Å². The molecule has 24 heavy (non-hydrogen) atoms. The summed E-state index contributed by atoms with van der Waals surface area (Å²) < 4.78 is 13.2. The van der Waals surface area contributed by atoms with E-state index in [4.69, 9.17) is 9.47 Å². The maximum atomic E-state index is 12.4. The first-order chi connectivity index (χ1) is 11.7. The third-order valence-corrected chi connectivity index (χ3v) is 4.63. The number of tetrazole rings is 1. The largest absolute Gasteiger partial charge is 0.486 e. The first-order valence-electron chi connectivity index (χ1n) is 7.68. The molecule has 3 rings (SSSR count). The molecule has 0 N–H and O–H groups in total. The Labute approximate surface area is 144 Å². The zero-order chi connectivity index (χ0) is 16.9. The number of ether oxygens (including phenoxy) is 2. The van der Waals surface area contributed by atoms with Crippen molar-refractivity contribution in [2.45, 2.75) is 18.2 Å². The molecule has 0 unspecified atom stereocenters. The van der Waals surface area contributed by atoms with E-state index in [0.717, 1.165) is 11.5 Å². The summed E-state index contributed by atoms with van der Waals surface area (Å²) in [5, 5.41) is 11.8. The number of carbonyl (C=O) groups is 1. The van der Waals surface area contributed by atoms with Gasteiger partial charge in [-0.3, -0.25) is 4.79 Å². The van der Waals surface area contributed by atoms with Crippen LogP contribution in [0.2, 0.25) is 0 Å². The standard InChI is InChI=1S/C15H19N5O3S/c1-3-20(14(21)10-24-15-16-17-18-19(15)2)8-11-9-22-12-6-4-5-7-13(12)23-11/h4-7,11H,3,8-10H2,1-2H3/t11-/m0/s1. The predicted molar refractivity (Wildman–Crippen MR) is 88.1 cm³/mol. The van der Waals surface area contributed by atoms with Crippen LogP contribution in [0, 0.1) is 0 Å². The number of hydrogen-bond donors (Lipinski definition) is 0. The van der Waals surface area contributed by atoms with Crippen LogP contribution in [0.4, 0.5) is 0 Å². The molecule has 1 aliphatic rings. The maximum absolute atomic E-state index is 12.4. The van der Waals surface area contributed by atoms with Crippen LogP contribution in [0.5, 0.6) is 11.5 Å². The molecular weight excluding hydrogens is 330 g/mol. The summed E-state index contributed by atoms with van der Waals surface area (Å²) >= 11 is 1.32. The molecule has 1 aliphatic heterocycles. The fourth-order valence-corrected chi connectivity index (χ4v) is 3.12. The van der Waals surface area contributed by atoms with Crippen molar-refractivity contribution < 1.29 is 14.3 Å². The van der Waals surface area contributed by atoms with Gasteiger partial charge in [-0.1, -0.05) is 23.9 Å². The first kappa shape index (κ1) is 16.6. The van der Waals surface area contributed by atoms with Crippen LogP contribution < -0.4 is 9.47 Å². The van der Waals surface area contributed by atoms with Gasteiger partial charge in [0.15, 0.2) is 17.6 Å². The molecule has 0 fully saturated rings. The Morgan fingerprint density at radius 1 is 1.42 bits per heavy atom. The van der Waals surface area contributed by atoms with Gasteiger partial charge in [0, 0.05) is 13.6 Å². The Morgan fingerprint density at radius 2 is 2.21 bits per heavy atom. The van der Waals surface area contributed by atoms with Crippen LogP contribution in [-0.4, -0.2) is 62.6 Å². The third kappa shape index (κ3) is 3.78. The molecule has 1 amide bonds. The van der Waals surface area contributed by atoms with Crippen LogP contribution in [-0.2, 0) is 11.8 Å². The van der Waals surface area contributed by atoms with E-state index in [2.05, 4.69) is 15.5 Å². The van der Waals surface area contributed by atoms with Gasteiger partial charge in [0.05, 0.1) is 12.3 Å². The molecule has 128 valence electrons. The van der Waals surface area contributed by atoms with Crippen molar-refractivity contribution in [2.75, 3.05) is 25.4 Å². The van der Waals surface area contributed by atoms with Gasteiger partial charge in [-0.25, -0.2) is 4.68 Å². The van der Waals surface area contributed by atoms with Crippen molar-refractivity contribution in [1.29, 1.82) is 0 Å². The molecule has 0 saturated carbocycles. The summed E-state index contributed by atoms with van der Waals surface area (Å²) in [6, 6.07) is 7.55. The molecule has 1 atom stereocenters. The lowest BCUT2D eigenvalue weighted by molar-refractivity contribution is -0.129. The van der Waals surface area contributed by atoms with Crippen LogP contribution in [0.15, 0.2) is 29.4 Å². The number of likely N-dealkylation sites (N-methyl/N-ethyl adjacent to an activating group) is 1. The minimum absolute atomic E-state index is 0.0213. The molecule has 0 bridgehead atoms. The number of nitrogens with zero attached hydrogens (tertiary/aromatic N) is 5. The van der Waals surface area contributed by atoms with Gasteiger partial charge in [0.1, 0.15) is 6.61 Å². The third-order valence-electron chi connectivity index (χ3n) is 3.63. The highest BCUT2D eigenvalue weighted by molar-refractivity contribution is 7.99. The number of aryl methyl sites for hydroxylation is 1. The Hall–Kier alpha value is -2.29. The lowest BCUT2D eigenvalue weighted by atomic mass is 10.2. The molecule has 1 aromatic carbocycles. The monoisotopic (exact) mass is 349 g/mol. The van der Waals surface area contributed by atoms with Gasteiger partial charge in [0.2, 0.25) is 11.1 Å². The molecule has 0 saturated heterocycles. The van der Waals surface area contributed by atoms with E-state index in [1.54, 1.807) is 16.6 Å². The van der Waals surface area contributed by atoms with E-state index >= 15 is 0 Å². The molecule has 8 nitrogen and oxygen atoms in total. The summed E-state index contributed by atoms with van der Waals surface area (Å²) in [5.41, 5.74) is 0. The molecule has 2 heterocycles. The zero-order valence-electron chi connectivity index (χ0n) is 13.6. The number of fused-ring (bicyclic) bond motifs is 1. The van der Waals surface area contributed by atoms with Gasteiger partial charge < -0.3 is 14.4 Å². The second-order valence-electron chi connectivity index (χ2n) is 5.30. The van der Waals surface area contributed by atoms with Crippen molar-refractivity contribution in [2.24, 2.45) is 7.05 Å². The van der Waals surface area contributed by atoms with E-state index in [0.29, 0.717) is 24.9 Å². The van der Waals surface area contributed by atoms with Crippen LogP contribution in [0.25, 0.3) is 0 Å². The van der Waals surface area contributed by atoms with Crippen molar-refractivity contribution >= 4 is 17.7 Å². The number of amides is 1. The average Bonchev–Trinajstić information content (AvgIpc) is 3.02. The average molecular weight is 349 g/mol. The number of thioether (sulfide) groups is 1. The van der Waals surface area contributed by atoms with Crippen LogP contribution in [0.1, 0.15) is 6.92 Å². The highest BCUT2D eigenvalue weighted by Gasteiger charge is 2.25. The number of hydrogen-bond acceptors (Lipinski definition) is 7. The lowest BCUT2D eigenvalue weighted by Crippen LogP contribution is -2.44. The summed E-state index contributed by atoms with van der Waals surface area (Å²) in [4.78, 5) is 14.2. The SMILES string of the molecule is CCN(C[C@H]1COc2ccccc2O1)C(=O)CSc1nnnn1C. The Bertz CT molecular complexity index is 708. The predicted octanol–water partition coefficient (Wildman–Crippen LogP) is 0.991. The van der Waals surface area contributed by atoms with E-state index < -0.39 is 0 Å². The van der Waals surface area contributed by atoms with E-state index in [-0.39, 0.29) is 17.8 Å². The Kier molecular flexibility index (Phi) is 5.19. The molecule has 1 aromatic heterocycles. The minimum Gasteiger partial charge on any atom is -0.486 e. The van der Waals surface area contributed by atoms with Crippen LogP contribution in [0.3, 0.4) is 0 Å². The molecule has 0 spiro atoms. The normalized spacial score (nSPS) is 16.0. The summed E-state index contributed by atoms with van der Waals surface area (Å²) in [5.74, 6) is 1.77. The highest BCUT2D eigenvalue weighted by atomic mass is 32.2. The van der Waals surface area contributed by atoms with Crippen LogP contribution >= 0.6 is 11.8 Å². The summed E-state index contributed by atoms with van der Waals surface area (Å²) in [7, 11) is 1.75. The lowest BCUT2D eigenvalue weighted by Gasteiger charge is -2.30. The van der Waals surface area contributed by atoms with E-state index in [9.17, 15) is 4.79 Å². The van der Waals surface area contributed by atoms with Gasteiger partial charge >= 0.3 is 0 Å². The van der Waals surface area contributed by atoms with Crippen molar-refractivity contribution in [1.82, 2.24) is 25.1 Å². The number of rotatable bonds is 6. The second kappa shape index (κ2) is 7.52. The Balaban J connectivity index is 1.55. The van der Waals surface area contributed by atoms with E-state index in [1.807, 2.05) is 31.2 Å². The zero-order valence-corrected chi connectivity index (χ0v) is 14.4. The molecule has 9 heteroatoms. The number of carbonyl (C=O) groups excluding carboxylic acids is 1. The van der Waals surface area contributed by atoms with Gasteiger partial charge in [0.25, 0.3) is 0 Å². The molecular formula is C15H19N5O3S. The van der Waals surface area contributed by atoms with Gasteiger partial charge in [-0.2, -0.15) is 0 Å². The molecule has 2 aromatic rings. The van der Waals surface area contributed by atoms with E-state index in [1.165, 1.54) is 11.8 Å². The number of benzene rings is 1. The fraction of sp³-hybridized carbons (Fsp3) is 0.467. The summed E-state index contributed by atoms with van der Waals surface area (Å²) in [6.45, 7) is 3.48. The number of aromatic nitrogens is 4.